The highest BCUT2D eigenvalue weighted by Gasteiger charge is 2.25. The van der Waals surface area contributed by atoms with Gasteiger partial charge in [-0.3, -0.25) is 0 Å². The van der Waals surface area contributed by atoms with E-state index in [9.17, 15) is 8.42 Å². The lowest BCUT2D eigenvalue weighted by atomic mass is 9.96. The zero-order chi connectivity index (χ0) is 14.6. The summed E-state index contributed by atoms with van der Waals surface area (Å²) in [5.74, 6) is 0.402. The minimum absolute atomic E-state index is 0.0437. The molecule has 0 atom stereocenters. The molecule has 6 heteroatoms. The maximum absolute atomic E-state index is 12.5. The van der Waals surface area contributed by atoms with Crippen LogP contribution in [0.15, 0.2) is 27.6 Å². The van der Waals surface area contributed by atoms with E-state index in [4.69, 9.17) is 4.74 Å². The van der Waals surface area contributed by atoms with Crippen molar-refractivity contribution < 1.29 is 13.2 Å². The van der Waals surface area contributed by atoms with Gasteiger partial charge in [-0.05, 0) is 38.0 Å². The molecule has 0 amide bonds. The first-order valence-electron chi connectivity index (χ1n) is 6.97. The Hall–Kier alpha value is -0.590. The third-order valence-electron chi connectivity index (χ3n) is 3.42. The van der Waals surface area contributed by atoms with Gasteiger partial charge >= 0.3 is 0 Å². The molecule has 0 radical (unpaired) electrons. The van der Waals surface area contributed by atoms with Gasteiger partial charge in [0.25, 0.3) is 0 Å². The normalized spacial score (nSPS) is 17.1. The third-order valence-corrected chi connectivity index (χ3v) is 5.46. The summed E-state index contributed by atoms with van der Waals surface area (Å²) in [6.07, 6.45) is 5.20. The standard InChI is InChI=1S/C14H20BrNO3S/c1-2-19-13-9-8-11(15)10-14(13)20(17,18)16-12-6-4-3-5-7-12/h8-10,12,16H,2-7H2,1H3. The molecule has 0 aliphatic heterocycles. The first-order chi connectivity index (χ1) is 9.53. The molecule has 1 aliphatic carbocycles. The van der Waals surface area contributed by atoms with Crippen LogP contribution in [0.4, 0.5) is 0 Å². The lowest BCUT2D eigenvalue weighted by molar-refractivity contribution is 0.330. The van der Waals surface area contributed by atoms with Gasteiger partial charge in [-0.25, -0.2) is 13.1 Å². The van der Waals surface area contributed by atoms with Crippen LogP contribution in [-0.4, -0.2) is 21.1 Å². The second kappa shape index (κ2) is 6.91. The Morgan fingerprint density at radius 3 is 2.65 bits per heavy atom. The van der Waals surface area contributed by atoms with Crippen molar-refractivity contribution in [1.82, 2.24) is 4.72 Å². The van der Waals surface area contributed by atoms with Gasteiger partial charge in [-0.1, -0.05) is 35.2 Å². The van der Waals surface area contributed by atoms with Crippen molar-refractivity contribution in [2.45, 2.75) is 50.0 Å². The minimum Gasteiger partial charge on any atom is -0.492 e. The number of nitrogens with one attached hydrogen (secondary N) is 1. The lowest BCUT2D eigenvalue weighted by Gasteiger charge is -2.23. The molecule has 1 saturated carbocycles. The topological polar surface area (TPSA) is 55.4 Å². The summed E-state index contributed by atoms with van der Waals surface area (Å²) in [4.78, 5) is 0.208. The van der Waals surface area contributed by atoms with Crippen molar-refractivity contribution in [3.8, 4) is 5.75 Å². The molecule has 0 saturated heterocycles. The van der Waals surface area contributed by atoms with Crippen LogP contribution in [0.2, 0.25) is 0 Å². The van der Waals surface area contributed by atoms with Gasteiger partial charge < -0.3 is 4.74 Å². The van der Waals surface area contributed by atoms with Crippen molar-refractivity contribution in [2.75, 3.05) is 6.61 Å². The molecule has 0 spiro atoms. The number of halogens is 1. The quantitative estimate of drug-likeness (QED) is 0.873. The average Bonchev–Trinajstić information content (AvgIpc) is 2.41. The largest absolute Gasteiger partial charge is 0.492 e. The van der Waals surface area contributed by atoms with E-state index in [1.807, 2.05) is 6.92 Å². The molecule has 1 aromatic carbocycles. The molecule has 4 nitrogen and oxygen atoms in total. The highest BCUT2D eigenvalue weighted by molar-refractivity contribution is 9.10. The van der Waals surface area contributed by atoms with E-state index in [0.29, 0.717) is 12.4 Å². The van der Waals surface area contributed by atoms with Crippen LogP contribution in [0, 0.1) is 0 Å². The van der Waals surface area contributed by atoms with E-state index in [2.05, 4.69) is 20.7 Å². The second-order valence-corrected chi connectivity index (χ2v) is 7.58. The van der Waals surface area contributed by atoms with Crippen LogP contribution in [0.3, 0.4) is 0 Å². The summed E-state index contributed by atoms with van der Waals surface area (Å²) in [5, 5.41) is 0. The highest BCUT2D eigenvalue weighted by Crippen LogP contribution is 2.28. The van der Waals surface area contributed by atoms with E-state index in [1.165, 1.54) is 6.42 Å². The molecule has 0 aromatic heterocycles. The van der Waals surface area contributed by atoms with E-state index < -0.39 is 10.0 Å². The number of benzene rings is 1. The molecule has 0 unspecified atom stereocenters. The third kappa shape index (κ3) is 3.96. The van der Waals surface area contributed by atoms with Gasteiger partial charge in [0.15, 0.2) is 0 Å². The van der Waals surface area contributed by atoms with Crippen molar-refractivity contribution >= 4 is 26.0 Å². The summed E-state index contributed by atoms with van der Waals surface area (Å²) >= 11 is 3.32. The van der Waals surface area contributed by atoms with Crippen LogP contribution < -0.4 is 9.46 Å². The fourth-order valence-corrected chi connectivity index (χ4v) is 4.46. The molecule has 1 aromatic rings. The Kier molecular flexibility index (Phi) is 5.46. The number of hydrogen-bond donors (Lipinski definition) is 1. The Balaban J connectivity index is 2.25. The maximum Gasteiger partial charge on any atom is 0.244 e. The van der Waals surface area contributed by atoms with Gasteiger partial charge in [-0.15, -0.1) is 0 Å². The molecular weight excluding hydrogens is 342 g/mol. The van der Waals surface area contributed by atoms with Crippen molar-refractivity contribution in [3.63, 3.8) is 0 Å². The molecule has 0 bridgehead atoms. The van der Waals surface area contributed by atoms with Crippen LogP contribution in [0.5, 0.6) is 5.75 Å². The van der Waals surface area contributed by atoms with Crippen molar-refractivity contribution in [3.05, 3.63) is 22.7 Å². The summed E-state index contributed by atoms with van der Waals surface area (Å²) in [5.41, 5.74) is 0. The van der Waals surface area contributed by atoms with Gasteiger partial charge in [0.2, 0.25) is 10.0 Å². The monoisotopic (exact) mass is 361 g/mol. The van der Waals surface area contributed by atoms with E-state index in [1.54, 1.807) is 18.2 Å². The molecule has 2 rings (SSSR count). The molecule has 112 valence electrons. The zero-order valence-electron chi connectivity index (χ0n) is 11.6. The van der Waals surface area contributed by atoms with Gasteiger partial charge in [0.1, 0.15) is 10.6 Å². The van der Waals surface area contributed by atoms with Crippen molar-refractivity contribution in [2.24, 2.45) is 0 Å². The van der Waals surface area contributed by atoms with Gasteiger partial charge in [0, 0.05) is 10.5 Å². The van der Waals surface area contributed by atoms with Crippen LogP contribution in [-0.2, 0) is 10.0 Å². The number of ether oxygens (including phenoxy) is 1. The molecule has 20 heavy (non-hydrogen) atoms. The van der Waals surface area contributed by atoms with E-state index in [0.717, 1.165) is 30.2 Å². The summed E-state index contributed by atoms with van der Waals surface area (Å²) in [6, 6.07) is 5.10. The molecule has 1 N–H and O–H groups in total. The Morgan fingerprint density at radius 2 is 2.00 bits per heavy atom. The summed E-state index contributed by atoms with van der Waals surface area (Å²) in [6.45, 7) is 2.28. The molecule has 1 fully saturated rings. The average molecular weight is 362 g/mol. The fourth-order valence-electron chi connectivity index (χ4n) is 2.47. The van der Waals surface area contributed by atoms with Crippen molar-refractivity contribution in [1.29, 1.82) is 0 Å². The van der Waals surface area contributed by atoms with E-state index in [-0.39, 0.29) is 10.9 Å². The number of hydrogen-bond acceptors (Lipinski definition) is 3. The predicted molar refractivity (Wildman–Crippen MR) is 82.5 cm³/mol. The lowest BCUT2D eigenvalue weighted by Crippen LogP contribution is -2.36. The predicted octanol–water partition coefficient (Wildman–Crippen LogP) is 3.46. The minimum atomic E-state index is -3.54. The smallest absolute Gasteiger partial charge is 0.244 e. The first-order valence-corrected chi connectivity index (χ1v) is 9.25. The molecular formula is C14H20BrNO3S. The summed E-state index contributed by atoms with van der Waals surface area (Å²) in [7, 11) is -3.54. The summed E-state index contributed by atoms with van der Waals surface area (Å²) < 4.78 is 34.0. The Labute approximate surface area is 129 Å². The maximum atomic E-state index is 12.5. The highest BCUT2D eigenvalue weighted by atomic mass is 79.9. The SMILES string of the molecule is CCOc1ccc(Br)cc1S(=O)(=O)NC1CCCCC1. The fraction of sp³-hybridized carbons (Fsp3) is 0.571. The number of sulfonamides is 1. The number of rotatable bonds is 5. The second-order valence-electron chi connectivity index (χ2n) is 4.98. The van der Waals surface area contributed by atoms with Crippen LogP contribution >= 0.6 is 15.9 Å². The van der Waals surface area contributed by atoms with Crippen LogP contribution in [0.25, 0.3) is 0 Å². The molecule has 0 heterocycles. The Morgan fingerprint density at radius 1 is 1.30 bits per heavy atom. The molecule has 1 aliphatic rings. The van der Waals surface area contributed by atoms with E-state index >= 15 is 0 Å². The first kappa shape index (κ1) is 15.8. The van der Waals surface area contributed by atoms with Gasteiger partial charge in [-0.2, -0.15) is 0 Å². The van der Waals surface area contributed by atoms with Gasteiger partial charge in [0.05, 0.1) is 6.61 Å². The van der Waals surface area contributed by atoms with Crippen LogP contribution in [0.1, 0.15) is 39.0 Å². The zero-order valence-corrected chi connectivity index (χ0v) is 14.0. The Bertz CT molecular complexity index is 554.